The Morgan fingerprint density at radius 2 is 2.31 bits per heavy atom. The summed E-state index contributed by atoms with van der Waals surface area (Å²) in [7, 11) is 1.45. The molecule has 0 aliphatic carbocycles. The number of amides is 1. The van der Waals surface area contributed by atoms with Gasteiger partial charge >= 0.3 is 0 Å². The minimum atomic E-state index is -0.272. The monoisotopic (exact) mass is 243 g/mol. The lowest BCUT2D eigenvalue weighted by Gasteiger charge is -2.11. The van der Waals surface area contributed by atoms with E-state index in [1.54, 1.807) is 13.0 Å². The van der Waals surface area contributed by atoms with E-state index in [0.29, 0.717) is 17.2 Å². The number of halogens is 1. The van der Waals surface area contributed by atoms with Crippen molar-refractivity contribution in [2.24, 2.45) is 0 Å². The summed E-state index contributed by atoms with van der Waals surface area (Å²) < 4.78 is 4.88. The van der Waals surface area contributed by atoms with E-state index >= 15 is 0 Å². The minimum Gasteiger partial charge on any atom is -0.504 e. The van der Waals surface area contributed by atoms with Crippen LogP contribution < -0.4 is 10.1 Å². The van der Waals surface area contributed by atoms with Gasteiger partial charge in [0.1, 0.15) is 0 Å². The second-order valence-corrected chi connectivity index (χ2v) is 3.72. The zero-order valence-corrected chi connectivity index (χ0v) is 9.91. The lowest BCUT2D eigenvalue weighted by molar-refractivity contribution is 0.0943. The number of aromatic hydroxyl groups is 1. The minimum absolute atomic E-state index is 0.0614. The fourth-order valence-corrected chi connectivity index (χ4v) is 1.25. The number of phenols is 1. The van der Waals surface area contributed by atoms with E-state index in [1.807, 2.05) is 0 Å². The van der Waals surface area contributed by atoms with E-state index in [0.717, 1.165) is 0 Å². The molecule has 0 heterocycles. The topological polar surface area (TPSA) is 58.6 Å². The van der Waals surface area contributed by atoms with Crippen molar-refractivity contribution in [1.29, 1.82) is 0 Å². The van der Waals surface area contributed by atoms with E-state index in [-0.39, 0.29) is 17.7 Å². The van der Waals surface area contributed by atoms with Crippen molar-refractivity contribution in [1.82, 2.24) is 5.32 Å². The molecule has 1 aromatic carbocycles. The van der Waals surface area contributed by atoms with Crippen LogP contribution >= 0.6 is 11.6 Å². The highest BCUT2D eigenvalue weighted by atomic mass is 35.5. The molecule has 0 fully saturated rings. The van der Waals surface area contributed by atoms with Crippen molar-refractivity contribution >= 4 is 17.5 Å². The molecule has 16 heavy (non-hydrogen) atoms. The largest absolute Gasteiger partial charge is 0.504 e. The quantitative estimate of drug-likeness (QED) is 0.793. The maximum absolute atomic E-state index is 11.6. The van der Waals surface area contributed by atoms with E-state index < -0.39 is 0 Å². The summed E-state index contributed by atoms with van der Waals surface area (Å²) in [6.07, 6.45) is 0. The van der Waals surface area contributed by atoms with Gasteiger partial charge in [0.05, 0.1) is 7.11 Å². The Kier molecular flexibility index (Phi) is 4.43. The first kappa shape index (κ1) is 12.6. The summed E-state index contributed by atoms with van der Waals surface area (Å²) in [6, 6.07) is 4.36. The third-order valence-corrected chi connectivity index (χ3v) is 2.51. The lowest BCUT2D eigenvalue weighted by Crippen LogP contribution is -2.33. The molecule has 0 aromatic heterocycles. The van der Waals surface area contributed by atoms with Gasteiger partial charge in [-0.3, -0.25) is 4.79 Å². The summed E-state index contributed by atoms with van der Waals surface area (Å²) in [5.74, 6) is 0.343. The maximum Gasteiger partial charge on any atom is 0.251 e. The van der Waals surface area contributed by atoms with Gasteiger partial charge in [-0.25, -0.2) is 0 Å². The number of carbonyl (C=O) groups excluding carboxylic acids is 1. The van der Waals surface area contributed by atoms with Crippen LogP contribution in [-0.4, -0.2) is 30.0 Å². The molecule has 1 aromatic rings. The van der Waals surface area contributed by atoms with Gasteiger partial charge in [-0.1, -0.05) is 0 Å². The summed E-state index contributed by atoms with van der Waals surface area (Å²) in [5.41, 5.74) is 0.371. The Labute approximate surface area is 99.2 Å². The molecule has 0 aliphatic rings. The second-order valence-electron chi connectivity index (χ2n) is 3.42. The molecule has 1 unspecified atom stereocenters. The van der Waals surface area contributed by atoms with Crippen LogP contribution in [0, 0.1) is 0 Å². The summed E-state index contributed by atoms with van der Waals surface area (Å²) in [4.78, 5) is 11.6. The Bertz CT molecular complexity index is 381. The Balaban J connectivity index is 2.81. The highest BCUT2D eigenvalue weighted by Crippen LogP contribution is 2.26. The smallest absolute Gasteiger partial charge is 0.251 e. The molecule has 0 spiro atoms. The van der Waals surface area contributed by atoms with Gasteiger partial charge in [0.2, 0.25) is 0 Å². The zero-order chi connectivity index (χ0) is 12.1. The molecule has 0 saturated carbocycles. The third-order valence-electron chi connectivity index (χ3n) is 2.05. The Morgan fingerprint density at radius 1 is 1.62 bits per heavy atom. The van der Waals surface area contributed by atoms with E-state index in [2.05, 4.69) is 5.32 Å². The molecular formula is C11H14ClNO3. The van der Waals surface area contributed by atoms with Crippen LogP contribution in [0.25, 0.3) is 0 Å². The second kappa shape index (κ2) is 5.61. The fraction of sp³-hybridized carbons (Fsp3) is 0.364. The van der Waals surface area contributed by atoms with Crippen molar-refractivity contribution in [3.63, 3.8) is 0 Å². The first-order chi connectivity index (χ1) is 7.58. The third kappa shape index (κ3) is 3.03. The molecule has 2 N–H and O–H groups in total. The number of nitrogens with one attached hydrogen (secondary N) is 1. The zero-order valence-electron chi connectivity index (χ0n) is 9.16. The summed E-state index contributed by atoms with van der Waals surface area (Å²) in [5, 5.41) is 12.2. The number of benzene rings is 1. The lowest BCUT2D eigenvalue weighted by atomic mass is 10.2. The van der Waals surface area contributed by atoms with Crippen LogP contribution in [0.3, 0.4) is 0 Å². The first-order valence-corrected chi connectivity index (χ1v) is 5.35. The number of methoxy groups -OCH3 is 1. The van der Waals surface area contributed by atoms with Gasteiger partial charge in [-0.05, 0) is 25.1 Å². The maximum atomic E-state index is 11.6. The molecule has 0 saturated heterocycles. The first-order valence-electron chi connectivity index (χ1n) is 4.82. The van der Waals surface area contributed by atoms with Crippen molar-refractivity contribution < 1.29 is 14.6 Å². The molecule has 0 bridgehead atoms. The van der Waals surface area contributed by atoms with Crippen LogP contribution in [0.4, 0.5) is 0 Å². The number of alkyl halides is 1. The van der Waals surface area contributed by atoms with Gasteiger partial charge < -0.3 is 15.2 Å². The summed E-state index contributed by atoms with van der Waals surface area (Å²) >= 11 is 5.58. The predicted octanol–water partition coefficient (Wildman–Crippen LogP) is 1.76. The van der Waals surface area contributed by atoms with Crippen LogP contribution in [-0.2, 0) is 0 Å². The van der Waals surface area contributed by atoms with Gasteiger partial charge in [-0.2, -0.15) is 0 Å². The normalized spacial score (nSPS) is 11.9. The number of hydrogen-bond donors (Lipinski definition) is 2. The van der Waals surface area contributed by atoms with E-state index in [9.17, 15) is 9.90 Å². The van der Waals surface area contributed by atoms with Crippen LogP contribution in [0.5, 0.6) is 11.5 Å². The highest BCUT2D eigenvalue weighted by molar-refractivity contribution is 6.18. The Hall–Kier alpha value is -1.42. The van der Waals surface area contributed by atoms with Crippen molar-refractivity contribution in [3.8, 4) is 11.5 Å². The molecular weight excluding hydrogens is 230 g/mol. The van der Waals surface area contributed by atoms with Gasteiger partial charge in [0, 0.05) is 17.5 Å². The number of hydrogen-bond acceptors (Lipinski definition) is 3. The number of ether oxygens (including phenoxy) is 1. The van der Waals surface area contributed by atoms with E-state index in [4.69, 9.17) is 16.3 Å². The van der Waals surface area contributed by atoms with Crippen LogP contribution in [0.15, 0.2) is 18.2 Å². The van der Waals surface area contributed by atoms with Crippen molar-refractivity contribution in [2.75, 3.05) is 13.0 Å². The molecule has 4 nitrogen and oxygen atoms in total. The van der Waals surface area contributed by atoms with Gasteiger partial charge in [0.25, 0.3) is 5.91 Å². The highest BCUT2D eigenvalue weighted by Gasteiger charge is 2.11. The van der Waals surface area contributed by atoms with Crippen molar-refractivity contribution in [2.45, 2.75) is 13.0 Å². The molecule has 0 radical (unpaired) electrons. The Morgan fingerprint density at radius 3 is 2.81 bits per heavy atom. The van der Waals surface area contributed by atoms with Crippen LogP contribution in [0.1, 0.15) is 17.3 Å². The van der Waals surface area contributed by atoms with Crippen LogP contribution in [0.2, 0.25) is 0 Å². The molecule has 5 heteroatoms. The average molecular weight is 244 g/mol. The van der Waals surface area contributed by atoms with Gasteiger partial charge in [-0.15, -0.1) is 11.6 Å². The number of rotatable bonds is 4. The van der Waals surface area contributed by atoms with Gasteiger partial charge in [0.15, 0.2) is 11.5 Å². The summed E-state index contributed by atoms with van der Waals surface area (Å²) in [6.45, 7) is 1.80. The molecule has 1 rings (SSSR count). The van der Waals surface area contributed by atoms with E-state index in [1.165, 1.54) is 19.2 Å². The molecule has 1 amide bonds. The molecule has 1 atom stereocenters. The SMILES string of the molecule is COc1ccc(C(=O)NC(C)CCl)cc1O. The number of carbonyl (C=O) groups is 1. The standard InChI is InChI=1S/C11H14ClNO3/c1-7(6-12)13-11(15)8-3-4-10(16-2)9(14)5-8/h3-5,7,14H,6H2,1-2H3,(H,13,15). The molecule has 0 aliphatic heterocycles. The fourth-order valence-electron chi connectivity index (χ4n) is 1.18. The number of phenolic OH excluding ortho intramolecular Hbond substituents is 1. The molecule has 88 valence electrons. The average Bonchev–Trinajstić information content (AvgIpc) is 2.28. The van der Waals surface area contributed by atoms with Crippen molar-refractivity contribution in [3.05, 3.63) is 23.8 Å². The predicted molar refractivity (Wildman–Crippen MR) is 62.3 cm³/mol.